The minimum atomic E-state index is -0.556. The summed E-state index contributed by atoms with van der Waals surface area (Å²) >= 11 is 0. The van der Waals surface area contributed by atoms with Crippen LogP contribution >= 0.6 is 0 Å². The molecule has 0 unspecified atom stereocenters. The molecule has 0 aliphatic heterocycles. The molecule has 0 fully saturated rings. The fourth-order valence-electron chi connectivity index (χ4n) is 2.47. The molecule has 0 aliphatic carbocycles. The molecule has 1 atom stereocenters. The number of halogens is 1. The molecule has 0 saturated heterocycles. The van der Waals surface area contributed by atoms with Crippen LogP contribution in [0.25, 0.3) is 21.5 Å². The van der Waals surface area contributed by atoms with Gasteiger partial charge in [0.25, 0.3) is 0 Å². The molecule has 90 valence electrons. The standard InChI is InChI=1S/C16H14FN/c17-10-16(18)15-9-11-5-1-2-6-12(11)13-7-3-4-8-14(13)15/h1-9,16H,10,18H2/t16-/m1/s1. The van der Waals surface area contributed by atoms with E-state index in [2.05, 4.69) is 12.1 Å². The molecule has 2 heteroatoms. The van der Waals surface area contributed by atoms with Crippen LogP contribution in [0.15, 0.2) is 54.6 Å². The van der Waals surface area contributed by atoms with Gasteiger partial charge in [0.2, 0.25) is 0 Å². The van der Waals surface area contributed by atoms with Crippen molar-refractivity contribution in [1.29, 1.82) is 0 Å². The molecule has 0 amide bonds. The van der Waals surface area contributed by atoms with E-state index in [0.29, 0.717) is 0 Å². The minimum absolute atomic E-state index is 0.539. The van der Waals surface area contributed by atoms with Gasteiger partial charge in [-0.1, -0.05) is 48.5 Å². The van der Waals surface area contributed by atoms with Gasteiger partial charge in [-0.25, -0.2) is 4.39 Å². The van der Waals surface area contributed by atoms with E-state index >= 15 is 0 Å². The van der Waals surface area contributed by atoms with Gasteiger partial charge < -0.3 is 5.73 Å². The van der Waals surface area contributed by atoms with Crippen molar-refractivity contribution in [2.24, 2.45) is 5.73 Å². The van der Waals surface area contributed by atoms with Crippen LogP contribution in [-0.4, -0.2) is 6.67 Å². The Hall–Kier alpha value is -1.93. The Bertz CT molecular complexity index is 706. The van der Waals surface area contributed by atoms with Crippen molar-refractivity contribution in [3.8, 4) is 0 Å². The first-order chi connectivity index (χ1) is 8.81. The van der Waals surface area contributed by atoms with E-state index in [1.165, 1.54) is 5.39 Å². The molecule has 0 heterocycles. The Kier molecular flexibility index (Phi) is 2.73. The summed E-state index contributed by atoms with van der Waals surface area (Å²) in [4.78, 5) is 0. The predicted octanol–water partition coefficient (Wildman–Crippen LogP) is 3.96. The molecule has 18 heavy (non-hydrogen) atoms. The van der Waals surface area contributed by atoms with Crippen LogP contribution in [0.2, 0.25) is 0 Å². The third kappa shape index (κ3) is 1.66. The van der Waals surface area contributed by atoms with Crippen molar-refractivity contribution in [1.82, 2.24) is 0 Å². The predicted molar refractivity (Wildman–Crippen MR) is 74.4 cm³/mol. The van der Waals surface area contributed by atoms with Crippen molar-refractivity contribution >= 4 is 21.5 Å². The fourth-order valence-corrected chi connectivity index (χ4v) is 2.47. The number of alkyl halides is 1. The monoisotopic (exact) mass is 239 g/mol. The van der Waals surface area contributed by atoms with Crippen molar-refractivity contribution in [3.05, 3.63) is 60.2 Å². The Balaban J connectivity index is 2.46. The molecule has 0 saturated carbocycles. The van der Waals surface area contributed by atoms with Crippen molar-refractivity contribution in [2.45, 2.75) is 6.04 Å². The van der Waals surface area contributed by atoms with Gasteiger partial charge in [0.15, 0.2) is 0 Å². The van der Waals surface area contributed by atoms with Gasteiger partial charge in [-0.05, 0) is 33.2 Å². The first-order valence-corrected chi connectivity index (χ1v) is 6.03. The number of rotatable bonds is 2. The maximum absolute atomic E-state index is 12.9. The van der Waals surface area contributed by atoms with Gasteiger partial charge in [-0.15, -0.1) is 0 Å². The largest absolute Gasteiger partial charge is 0.322 e. The second-order valence-electron chi connectivity index (χ2n) is 4.49. The molecule has 0 aromatic heterocycles. The summed E-state index contributed by atoms with van der Waals surface area (Å²) in [5.41, 5.74) is 6.76. The Labute approximate surface area is 105 Å². The summed E-state index contributed by atoms with van der Waals surface area (Å²) in [6.07, 6.45) is 0. The zero-order chi connectivity index (χ0) is 12.5. The second-order valence-corrected chi connectivity index (χ2v) is 4.49. The van der Waals surface area contributed by atoms with E-state index in [9.17, 15) is 4.39 Å². The highest BCUT2D eigenvalue weighted by Crippen LogP contribution is 2.31. The quantitative estimate of drug-likeness (QED) is 0.673. The summed E-state index contributed by atoms with van der Waals surface area (Å²) in [5.74, 6) is 0. The maximum atomic E-state index is 12.9. The van der Waals surface area contributed by atoms with Crippen LogP contribution in [0.5, 0.6) is 0 Å². The highest BCUT2D eigenvalue weighted by atomic mass is 19.1. The first kappa shape index (κ1) is 11.2. The molecule has 2 N–H and O–H groups in total. The van der Waals surface area contributed by atoms with Crippen molar-refractivity contribution in [2.75, 3.05) is 6.67 Å². The second kappa shape index (κ2) is 4.39. The number of benzene rings is 3. The molecule has 3 aromatic carbocycles. The van der Waals surface area contributed by atoms with Gasteiger partial charge in [-0.3, -0.25) is 0 Å². The third-order valence-electron chi connectivity index (χ3n) is 3.37. The summed E-state index contributed by atoms with van der Waals surface area (Å²) in [6, 6.07) is 17.6. The average Bonchev–Trinajstić information content (AvgIpc) is 2.45. The normalized spacial score (nSPS) is 13.0. The fraction of sp³-hybridized carbons (Fsp3) is 0.125. The Morgan fingerprint density at radius 3 is 2.22 bits per heavy atom. The summed E-state index contributed by atoms with van der Waals surface area (Å²) < 4.78 is 12.9. The van der Waals surface area contributed by atoms with E-state index < -0.39 is 12.7 Å². The van der Waals surface area contributed by atoms with E-state index in [-0.39, 0.29) is 0 Å². The molecule has 3 rings (SSSR count). The number of hydrogen-bond donors (Lipinski definition) is 1. The molecule has 0 aliphatic rings. The van der Waals surface area contributed by atoms with Gasteiger partial charge in [-0.2, -0.15) is 0 Å². The lowest BCUT2D eigenvalue weighted by atomic mass is 9.94. The number of hydrogen-bond acceptors (Lipinski definition) is 1. The number of fused-ring (bicyclic) bond motifs is 3. The molecule has 3 aromatic rings. The molecular weight excluding hydrogens is 225 g/mol. The van der Waals surface area contributed by atoms with E-state index in [1.807, 2.05) is 42.5 Å². The van der Waals surface area contributed by atoms with E-state index in [0.717, 1.165) is 21.7 Å². The first-order valence-electron chi connectivity index (χ1n) is 6.03. The van der Waals surface area contributed by atoms with Crippen molar-refractivity contribution < 1.29 is 4.39 Å². The van der Waals surface area contributed by atoms with Crippen LogP contribution in [0.4, 0.5) is 4.39 Å². The highest BCUT2D eigenvalue weighted by Gasteiger charge is 2.11. The zero-order valence-electron chi connectivity index (χ0n) is 9.94. The smallest absolute Gasteiger partial charge is 0.109 e. The van der Waals surface area contributed by atoms with Gasteiger partial charge >= 0.3 is 0 Å². The van der Waals surface area contributed by atoms with Gasteiger partial charge in [0.05, 0.1) is 6.04 Å². The van der Waals surface area contributed by atoms with Crippen LogP contribution in [0, 0.1) is 0 Å². The minimum Gasteiger partial charge on any atom is -0.322 e. The lowest BCUT2D eigenvalue weighted by Gasteiger charge is -2.14. The highest BCUT2D eigenvalue weighted by molar-refractivity contribution is 6.09. The lowest BCUT2D eigenvalue weighted by Crippen LogP contribution is -2.12. The molecule has 0 spiro atoms. The summed E-state index contributed by atoms with van der Waals surface area (Å²) in [7, 11) is 0. The lowest BCUT2D eigenvalue weighted by molar-refractivity contribution is 0.439. The maximum Gasteiger partial charge on any atom is 0.109 e. The van der Waals surface area contributed by atoms with E-state index in [1.54, 1.807) is 0 Å². The summed E-state index contributed by atoms with van der Waals surface area (Å²) in [5, 5.41) is 4.47. The third-order valence-corrected chi connectivity index (χ3v) is 3.37. The zero-order valence-corrected chi connectivity index (χ0v) is 9.94. The van der Waals surface area contributed by atoms with Crippen LogP contribution < -0.4 is 5.73 Å². The van der Waals surface area contributed by atoms with Crippen LogP contribution in [-0.2, 0) is 0 Å². The molecule has 1 nitrogen and oxygen atoms in total. The molecule has 0 bridgehead atoms. The van der Waals surface area contributed by atoms with E-state index in [4.69, 9.17) is 5.73 Å². The SMILES string of the molecule is N[C@H](CF)c1cc2ccccc2c2ccccc12. The van der Waals surface area contributed by atoms with Gasteiger partial charge in [0, 0.05) is 0 Å². The van der Waals surface area contributed by atoms with Crippen molar-refractivity contribution in [3.63, 3.8) is 0 Å². The van der Waals surface area contributed by atoms with Crippen LogP contribution in [0.3, 0.4) is 0 Å². The molecular formula is C16H14FN. The topological polar surface area (TPSA) is 26.0 Å². The summed E-state index contributed by atoms with van der Waals surface area (Å²) in [6.45, 7) is -0.539. The molecule has 0 radical (unpaired) electrons. The van der Waals surface area contributed by atoms with Gasteiger partial charge in [0.1, 0.15) is 6.67 Å². The van der Waals surface area contributed by atoms with Crippen LogP contribution in [0.1, 0.15) is 11.6 Å². The Morgan fingerprint density at radius 2 is 1.50 bits per heavy atom. The number of nitrogens with two attached hydrogens (primary N) is 1. The Morgan fingerprint density at radius 1 is 0.889 bits per heavy atom. The average molecular weight is 239 g/mol.